The zero-order valence-corrected chi connectivity index (χ0v) is 16.6. The van der Waals surface area contributed by atoms with Crippen molar-refractivity contribution in [2.45, 2.75) is 31.7 Å². The van der Waals surface area contributed by atoms with Crippen LogP contribution < -0.4 is 10.3 Å². The molecular weight excluding hydrogens is 344 g/mol. The standard InChI is InChI=1S/C20H32N4O3/c1-21-24(20(26)27)19(11-15-25)17-9-13-23(14-10-17)12-8-16-4-6-18(7-5-16)22(2)3/h4-7,15,17,19,21H,8-14H2,1-3H3,(H,26,27). The molecule has 1 aliphatic rings. The van der Waals surface area contributed by atoms with Crippen LogP contribution in [0.3, 0.4) is 0 Å². The van der Waals surface area contributed by atoms with E-state index in [-0.39, 0.29) is 18.4 Å². The quantitative estimate of drug-likeness (QED) is 0.508. The minimum Gasteiger partial charge on any atom is -0.464 e. The van der Waals surface area contributed by atoms with Crippen LogP contribution >= 0.6 is 0 Å². The molecule has 0 spiro atoms. The third kappa shape index (κ3) is 5.94. The number of nitrogens with one attached hydrogen (secondary N) is 1. The van der Waals surface area contributed by atoms with E-state index in [1.165, 1.54) is 16.3 Å². The molecular formula is C20H32N4O3. The van der Waals surface area contributed by atoms with Gasteiger partial charge in [-0.15, -0.1) is 0 Å². The van der Waals surface area contributed by atoms with Crippen LogP contribution in [0.4, 0.5) is 10.5 Å². The summed E-state index contributed by atoms with van der Waals surface area (Å²) in [7, 11) is 5.66. The van der Waals surface area contributed by atoms with Crippen molar-refractivity contribution in [1.29, 1.82) is 0 Å². The highest BCUT2D eigenvalue weighted by Gasteiger charge is 2.32. The highest BCUT2D eigenvalue weighted by atomic mass is 16.4. The zero-order chi connectivity index (χ0) is 19.8. The van der Waals surface area contributed by atoms with Crippen LogP contribution in [0.15, 0.2) is 24.3 Å². The van der Waals surface area contributed by atoms with E-state index < -0.39 is 6.09 Å². The molecule has 0 bridgehead atoms. The van der Waals surface area contributed by atoms with Crippen molar-refractivity contribution in [1.82, 2.24) is 15.3 Å². The molecule has 0 saturated carbocycles. The Balaban J connectivity index is 1.84. The van der Waals surface area contributed by atoms with Gasteiger partial charge in [0, 0.05) is 39.8 Å². The Labute approximate surface area is 161 Å². The Morgan fingerprint density at radius 3 is 2.41 bits per heavy atom. The predicted molar refractivity (Wildman–Crippen MR) is 107 cm³/mol. The summed E-state index contributed by atoms with van der Waals surface area (Å²) in [6.07, 6.45) is 2.84. The number of hydrogen-bond donors (Lipinski definition) is 2. The predicted octanol–water partition coefficient (Wildman–Crippen LogP) is 2.08. The third-order valence-electron chi connectivity index (χ3n) is 5.46. The molecule has 1 heterocycles. The van der Waals surface area contributed by atoms with E-state index in [2.05, 4.69) is 39.5 Å². The van der Waals surface area contributed by atoms with Crippen LogP contribution in [-0.2, 0) is 11.2 Å². The summed E-state index contributed by atoms with van der Waals surface area (Å²) in [5.41, 5.74) is 5.24. The molecule has 1 unspecified atom stereocenters. The molecule has 0 aliphatic carbocycles. The first-order chi connectivity index (χ1) is 13.0. The van der Waals surface area contributed by atoms with Gasteiger partial charge in [-0.1, -0.05) is 12.1 Å². The molecule has 1 amide bonds. The molecule has 2 N–H and O–H groups in total. The minimum absolute atomic E-state index is 0.203. The average Bonchev–Trinajstić information content (AvgIpc) is 2.67. The van der Waals surface area contributed by atoms with E-state index in [9.17, 15) is 14.7 Å². The maximum atomic E-state index is 11.4. The van der Waals surface area contributed by atoms with E-state index in [1.807, 2.05) is 14.1 Å². The first-order valence-electron chi connectivity index (χ1n) is 9.58. The second-order valence-corrected chi connectivity index (χ2v) is 7.34. The molecule has 0 radical (unpaired) electrons. The first kappa shape index (κ1) is 21.2. The Kier molecular flexibility index (Phi) is 8.06. The molecule has 7 nitrogen and oxygen atoms in total. The second kappa shape index (κ2) is 10.3. The number of carboxylic acid groups (broad SMARTS) is 1. The number of likely N-dealkylation sites (tertiary alicyclic amines) is 1. The minimum atomic E-state index is -1.03. The lowest BCUT2D eigenvalue weighted by Crippen LogP contribution is -2.52. The van der Waals surface area contributed by atoms with Crippen LogP contribution in [-0.4, -0.2) is 74.2 Å². The van der Waals surface area contributed by atoms with Gasteiger partial charge in [0.1, 0.15) is 6.29 Å². The van der Waals surface area contributed by atoms with Gasteiger partial charge in [-0.3, -0.25) is 0 Å². The number of rotatable bonds is 9. The van der Waals surface area contributed by atoms with Gasteiger partial charge in [-0.05, 0) is 56.0 Å². The van der Waals surface area contributed by atoms with Gasteiger partial charge in [0.25, 0.3) is 0 Å². The topological polar surface area (TPSA) is 76.1 Å². The normalized spacial score (nSPS) is 16.7. The van der Waals surface area contributed by atoms with Crippen LogP contribution in [0.2, 0.25) is 0 Å². The lowest BCUT2D eigenvalue weighted by molar-refractivity contribution is -0.109. The van der Waals surface area contributed by atoms with Crippen molar-refractivity contribution in [3.8, 4) is 0 Å². The SMILES string of the molecule is CNN(C(=O)O)C(CC=O)C1CCN(CCc2ccc(N(C)C)cc2)CC1. The molecule has 0 aromatic heterocycles. The molecule has 1 fully saturated rings. The fourth-order valence-corrected chi connectivity index (χ4v) is 3.82. The molecule has 1 saturated heterocycles. The number of piperidine rings is 1. The maximum Gasteiger partial charge on any atom is 0.422 e. The number of benzene rings is 1. The fourth-order valence-electron chi connectivity index (χ4n) is 3.82. The largest absolute Gasteiger partial charge is 0.464 e. The molecule has 1 aromatic rings. The van der Waals surface area contributed by atoms with Crippen LogP contribution in [0.5, 0.6) is 0 Å². The van der Waals surface area contributed by atoms with E-state index >= 15 is 0 Å². The van der Waals surface area contributed by atoms with Crippen molar-refractivity contribution in [2.24, 2.45) is 5.92 Å². The Bertz CT molecular complexity index is 598. The van der Waals surface area contributed by atoms with Gasteiger partial charge >= 0.3 is 6.09 Å². The number of hydrogen-bond acceptors (Lipinski definition) is 5. The smallest absolute Gasteiger partial charge is 0.422 e. The van der Waals surface area contributed by atoms with E-state index in [1.54, 1.807) is 7.05 Å². The summed E-state index contributed by atoms with van der Waals surface area (Å²) in [6, 6.07) is 8.35. The number of anilines is 1. The lowest BCUT2D eigenvalue weighted by Gasteiger charge is -2.39. The van der Waals surface area contributed by atoms with E-state index in [0.29, 0.717) is 0 Å². The summed E-state index contributed by atoms with van der Waals surface area (Å²) in [5, 5.41) is 10.5. The molecule has 2 rings (SSSR count). The van der Waals surface area contributed by atoms with Crippen LogP contribution in [0.25, 0.3) is 0 Å². The zero-order valence-electron chi connectivity index (χ0n) is 16.6. The molecule has 7 heteroatoms. The number of hydrazine groups is 1. The highest BCUT2D eigenvalue weighted by molar-refractivity contribution is 5.65. The summed E-state index contributed by atoms with van der Waals surface area (Å²) in [5.74, 6) is 0.203. The molecule has 1 aliphatic heterocycles. The summed E-state index contributed by atoms with van der Waals surface area (Å²) in [4.78, 5) is 27.0. The third-order valence-corrected chi connectivity index (χ3v) is 5.46. The van der Waals surface area contributed by atoms with Crippen molar-refractivity contribution in [3.63, 3.8) is 0 Å². The van der Waals surface area contributed by atoms with E-state index in [0.717, 1.165) is 45.2 Å². The van der Waals surface area contributed by atoms with Gasteiger partial charge in [0.15, 0.2) is 0 Å². The second-order valence-electron chi connectivity index (χ2n) is 7.34. The summed E-state index contributed by atoms with van der Waals surface area (Å²) < 4.78 is 0. The van der Waals surface area contributed by atoms with E-state index in [4.69, 9.17) is 0 Å². The molecule has 1 aromatic carbocycles. The van der Waals surface area contributed by atoms with Crippen molar-refractivity contribution in [3.05, 3.63) is 29.8 Å². The number of carbonyl (C=O) groups is 2. The maximum absolute atomic E-state index is 11.4. The Hall–Kier alpha value is -2.12. The number of nitrogens with zero attached hydrogens (tertiary/aromatic N) is 3. The number of amides is 1. The molecule has 150 valence electrons. The van der Waals surface area contributed by atoms with Crippen molar-refractivity contribution >= 4 is 18.1 Å². The lowest BCUT2D eigenvalue weighted by atomic mass is 9.87. The summed E-state index contributed by atoms with van der Waals surface area (Å²) in [6.45, 7) is 2.88. The number of aldehydes is 1. The van der Waals surface area contributed by atoms with Gasteiger partial charge in [-0.25, -0.2) is 15.2 Å². The number of carbonyl (C=O) groups excluding carboxylic acids is 1. The van der Waals surface area contributed by atoms with Crippen LogP contribution in [0.1, 0.15) is 24.8 Å². The summed E-state index contributed by atoms with van der Waals surface area (Å²) >= 11 is 0. The van der Waals surface area contributed by atoms with Gasteiger partial charge in [0.2, 0.25) is 0 Å². The Morgan fingerprint density at radius 1 is 1.30 bits per heavy atom. The van der Waals surface area contributed by atoms with Gasteiger partial charge in [0.05, 0.1) is 6.04 Å². The van der Waals surface area contributed by atoms with Gasteiger partial charge < -0.3 is 19.7 Å². The van der Waals surface area contributed by atoms with Crippen molar-refractivity contribution in [2.75, 3.05) is 45.7 Å². The van der Waals surface area contributed by atoms with Crippen LogP contribution in [0, 0.1) is 5.92 Å². The Morgan fingerprint density at radius 2 is 1.93 bits per heavy atom. The molecule has 27 heavy (non-hydrogen) atoms. The van der Waals surface area contributed by atoms with Gasteiger partial charge in [-0.2, -0.15) is 0 Å². The molecule has 1 atom stereocenters. The van der Waals surface area contributed by atoms with Crippen molar-refractivity contribution < 1.29 is 14.7 Å². The highest BCUT2D eigenvalue weighted by Crippen LogP contribution is 2.25. The first-order valence-corrected chi connectivity index (χ1v) is 9.58. The fraction of sp³-hybridized carbons (Fsp3) is 0.600. The monoisotopic (exact) mass is 376 g/mol. The average molecular weight is 377 g/mol.